The molecule has 0 aliphatic carbocycles. The smallest absolute Gasteiger partial charge is 0.254 e. The summed E-state index contributed by atoms with van der Waals surface area (Å²) in [5.41, 5.74) is 6.40. The summed E-state index contributed by atoms with van der Waals surface area (Å²) in [6, 6.07) is 6.83. The fraction of sp³-hybridized carbons (Fsp3) is 0.438. The molecule has 0 spiro atoms. The van der Waals surface area contributed by atoms with Crippen LogP contribution in [0.3, 0.4) is 0 Å². The van der Waals surface area contributed by atoms with E-state index in [1.165, 1.54) is 0 Å². The predicted molar refractivity (Wildman–Crippen MR) is 80.8 cm³/mol. The zero-order valence-corrected chi connectivity index (χ0v) is 12.6. The van der Waals surface area contributed by atoms with E-state index in [0.29, 0.717) is 24.2 Å². The van der Waals surface area contributed by atoms with Crippen LogP contribution in [-0.2, 0) is 6.42 Å². The Kier molecular flexibility index (Phi) is 6.41. The molecule has 0 aromatic heterocycles. The van der Waals surface area contributed by atoms with Crippen LogP contribution in [-0.4, -0.2) is 29.8 Å². The molecule has 0 aliphatic rings. The number of nitrogens with zero attached hydrogens (tertiary/aromatic N) is 2. The van der Waals surface area contributed by atoms with E-state index in [-0.39, 0.29) is 17.9 Å². The maximum absolute atomic E-state index is 12.7. The largest absolute Gasteiger partial charge is 0.366 e. The third-order valence-electron chi connectivity index (χ3n) is 3.20. The Morgan fingerprint density at radius 1 is 1.19 bits per heavy atom. The molecule has 0 bridgehead atoms. The maximum atomic E-state index is 12.7. The summed E-state index contributed by atoms with van der Waals surface area (Å²) >= 11 is 0. The number of hydrogen-bond donors (Lipinski definition) is 1. The average molecular weight is 287 g/mol. The van der Waals surface area contributed by atoms with Gasteiger partial charge in [-0.25, -0.2) is 0 Å². The van der Waals surface area contributed by atoms with E-state index in [9.17, 15) is 9.59 Å². The molecular weight excluding hydrogens is 266 g/mol. The van der Waals surface area contributed by atoms with Gasteiger partial charge in [0.1, 0.15) is 0 Å². The second-order valence-corrected chi connectivity index (χ2v) is 4.82. The Bertz CT molecular complexity index is 555. The highest BCUT2D eigenvalue weighted by molar-refractivity contribution is 6.01. The van der Waals surface area contributed by atoms with Gasteiger partial charge in [0.25, 0.3) is 5.91 Å². The summed E-state index contributed by atoms with van der Waals surface area (Å²) in [4.78, 5) is 25.9. The summed E-state index contributed by atoms with van der Waals surface area (Å²) in [7, 11) is 0. The van der Waals surface area contributed by atoms with Crippen molar-refractivity contribution in [2.24, 2.45) is 5.73 Å². The lowest BCUT2D eigenvalue weighted by molar-refractivity contribution is 0.0754. The highest BCUT2D eigenvalue weighted by Gasteiger charge is 2.21. The van der Waals surface area contributed by atoms with Crippen molar-refractivity contribution >= 4 is 11.8 Å². The molecule has 2 amide bonds. The molecular formula is C16H21N3O2. The van der Waals surface area contributed by atoms with Gasteiger partial charge in [-0.05, 0) is 30.5 Å². The van der Waals surface area contributed by atoms with Gasteiger partial charge in [0, 0.05) is 24.2 Å². The Morgan fingerprint density at radius 3 is 2.24 bits per heavy atom. The molecule has 1 rings (SSSR count). The van der Waals surface area contributed by atoms with Crippen molar-refractivity contribution in [2.75, 3.05) is 13.1 Å². The van der Waals surface area contributed by atoms with Crippen molar-refractivity contribution in [1.29, 1.82) is 5.26 Å². The van der Waals surface area contributed by atoms with E-state index in [1.807, 2.05) is 19.9 Å². The van der Waals surface area contributed by atoms with E-state index in [2.05, 4.69) is 0 Å². The molecule has 5 heteroatoms. The van der Waals surface area contributed by atoms with Crippen LogP contribution in [0, 0.1) is 11.3 Å². The standard InChI is InChI=1S/C16H21N3O2/c1-3-10-19(11-4-2)16(21)14-7-5-6-13(15(18)20)12(14)8-9-17/h5-7H,3-4,8,10-11H2,1-2H3,(H2,18,20). The molecule has 0 radical (unpaired) electrons. The van der Waals surface area contributed by atoms with E-state index in [1.54, 1.807) is 23.1 Å². The summed E-state index contributed by atoms with van der Waals surface area (Å²) in [6.07, 6.45) is 1.70. The Labute approximate surface area is 125 Å². The second kappa shape index (κ2) is 8.05. The lowest BCUT2D eigenvalue weighted by atomic mass is 9.97. The van der Waals surface area contributed by atoms with Crippen LogP contribution in [0.1, 0.15) is 53.0 Å². The van der Waals surface area contributed by atoms with Crippen LogP contribution in [0.25, 0.3) is 0 Å². The monoisotopic (exact) mass is 287 g/mol. The topological polar surface area (TPSA) is 87.2 Å². The Balaban J connectivity index is 3.27. The molecule has 0 saturated heterocycles. The molecule has 0 atom stereocenters. The SMILES string of the molecule is CCCN(CCC)C(=O)c1cccc(C(N)=O)c1CC#N. The third-order valence-corrected chi connectivity index (χ3v) is 3.20. The highest BCUT2D eigenvalue weighted by Crippen LogP contribution is 2.18. The number of primary amides is 1. The quantitative estimate of drug-likeness (QED) is 0.833. The predicted octanol–water partition coefficient (Wildman–Crippen LogP) is 2.11. The molecule has 0 aliphatic heterocycles. The number of amides is 2. The van der Waals surface area contributed by atoms with Crippen molar-refractivity contribution in [3.63, 3.8) is 0 Å². The molecule has 112 valence electrons. The minimum atomic E-state index is -0.618. The number of benzene rings is 1. The number of rotatable bonds is 7. The number of nitriles is 1. The van der Waals surface area contributed by atoms with Crippen LogP contribution in [0.5, 0.6) is 0 Å². The first kappa shape index (κ1) is 16.7. The van der Waals surface area contributed by atoms with Crippen LogP contribution >= 0.6 is 0 Å². The summed E-state index contributed by atoms with van der Waals surface area (Å²) in [5, 5.41) is 8.95. The van der Waals surface area contributed by atoms with Crippen LogP contribution in [0.2, 0.25) is 0 Å². The number of carbonyl (C=O) groups is 2. The van der Waals surface area contributed by atoms with Crippen molar-refractivity contribution in [3.05, 3.63) is 34.9 Å². The van der Waals surface area contributed by atoms with Crippen molar-refractivity contribution in [3.8, 4) is 6.07 Å². The molecule has 0 saturated carbocycles. The van der Waals surface area contributed by atoms with E-state index >= 15 is 0 Å². The molecule has 0 fully saturated rings. The Hall–Kier alpha value is -2.35. The minimum absolute atomic E-state index is 0.00766. The molecule has 5 nitrogen and oxygen atoms in total. The van der Waals surface area contributed by atoms with Crippen LogP contribution < -0.4 is 5.73 Å². The third kappa shape index (κ3) is 4.06. The van der Waals surface area contributed by atoms with Crippen molar-refractivity contribution < 1.29 is 9.59 Å². The van der Waals surface area contributed by atoms with Gasteiger partial charge in [0.2, 0.25) is 5.91 Å². The lowest BCUT2D eigenvalue weighted by Gasteiger charge is -2.23. The normalized spacial score (nSPS) is 9.95. The summed E-state index contributed by atoms with van der Waals surface area (Å²) < 4.78 is 0. The van der Waals surface area contributed by atoms with Crippen molar-refractivity contribution in [2.45, 2.75) is 33.1 Å². The zero-order valence-electron chi connectivity index (χ0n) is 12.6. The van der Waals surface area contributed by atoms with Gasteiger partial charge >= 0.3 is 0 Å². The van der Waals surface area contributed by atoms with Crippen LogP contribution in [0.4, 0.5) is 0 Å². The van der Waals surface area contributed by atoms with Gasteiger partial charge in [-0.3, -0.25) is 9.59 Å². The second-order valence-electron chi connectivity index (χ2n) is 4.82. The van der Waals surface area contributed by atoms with Gasteiger partial charge in [-0.15, -0.1) is 0 Å². The van der Waals surface area contributed by atoms with Crippen LogP contribution in [0.15, 0.2) is 18.2 Å². The Morgan fingerprint density at radius 2 is 1.76 bits per heavy atom. The van der Waals surface area contributed by atoms with E-state index < -0.39 is 5.91 Å². The van der Waals surface area contributed by atoms with E-state index in [4.69, 9.17) is 11.0 Å². The molecule has 21 heavy (non-hydrogen) atoms. The van der Waals surface area contributed by atoms with Gasteiger partial charge in [0.05, 0.1) is 12.5 Å². The van der Waals surface area contributed by atoms with Gasteiger partial charge < -0.3 is 10.6 Å². The minimum Gasteiger partial charge on any atom is -0.366 e. The van der Waals surface area contributed by atoms with E-state index in [0.717, 1.165) is 12.8 Å². The lowest BCUT2D eigenvalue weighted by Crippen LogP contribution is -2.33. The maximum Gasteiger partial charge on any atom is 0.254 e. The average Bonchev–Trinajstić information content (AvgIpc) is 2.46. The molecule has 0 unspecified atom stereocenters. The molecule has 0 heterocycles. The summed E-state index contributed by atoms with van der Waals surface area (Å²) in [5.74, 6) is -0.764. The number of nitrogens with two attached hydrogens (primary N) is 1. The summed E-state index contributed by atoms with van der Waals surface area (Å²) in [6.45, 7) is 5.32. The molecule has 1 aromatic carbocycles. The fourth-order valence-electron chi connectivity index (χ4n) is 2.31. The van der Waals surface area contributed by atoms with Gasteiger partial charge in [-0.2, -0.15) is 5.26 Å². The highest BCUT2D eigenvalue weighted by atomic mass is 16.2. The molecule has 2 N–H and O–H groups in total. The van der Waals surface area contributed by atoms with Gasteiger partial charge in [-0.1, -0.05) is 19.9 Å². The van der Waals surface area contributed by atoms with Gasteiger partial charge in [0.15, 0.2) is 0 Å². The number of hydrogen-bond acceptors (Lipinski definition) is 3. The molecule has 1 aromatic rings. The van der Waals surface area contributed by atoms with Crippen molar-refractivity contribution in [1.82, 2.24) is 4.90 Å². The first-order valence-corrected chi connectivity index (χ1v) is 7.14. The first-order valence-electron chi connectivity index (χ1n) is 7.14. The first-order chi connectivity index (χ1) is 10.1. The zero-order chi connectivity index (χ0) is 15.8. The fourth-order valence-corrected chi connectivity index (χ4v) is 2.31. The number of carbonyl (C=O) groups excluding carboxylic acids is 2.